The van der Waals surface area contributed by atoms with E-state index < -0.39 is 11.9 Å². The molecule has 0 bridgehead atoms. The van der Waals surface area contributed by atoms with Gasteiger partial charge in [-0.25, -0.2) is 0 Å². The van der Waals surface area contributed by atoms with Crippen LogP contribution in [0.3, 0.4) is 0 Å². The molecule has 1 aromatic carbocycles. The Balaban J connectivity index is 1.50. The second-order valence-electron chi connectivity index (χ2n) is 10.7. The Morgan fingerprint density at radius 3 is 2.63 bits per heavy atom. The quantitative estimate of drug-likeness (QED) is 0.573. The van der Waals surface area contributed by atoms with E-state index in [0.29, 0.717) is 36.1 Å². The smallest absolute Gasteiger partial charge is 0.316 e. The zero-order chi connectivity index (χ0) is 21.1. The number of carbonyl (C=O) groups excluding carboxylic acids is 1. The number of hydrogen-bond donors (Lipinski definition) is 1. The second kappa shape index (κ2) is 6.96. The first-order valence-corrected chi connectivity index (χ1v) is 11.6. The van der Waals surface area contributed by atoms with Gasteiger partial charge >= 0.3 is 5.97 Å². The van der Waals surface area contributed by atoms with Crippen LogP contribution in [0.5, 0.6) is 0 Å². The lowest BCUT2D eigenvalue weighted by atomic mass is 9.47. The molecule has 3 aliphatic carbocycles. The number of likely N-dealkylation sites (tertiary alicyclic amines) is 1. The lowest BCUT2D eigenvalue weighted by Gasteiger charge is -2.62. The largest absolute Gasteiger partial charge is 0.481 e. The number of fused-ring (bicyclic) bond motifs is 5. The van der Waals surface area contributed by atoms with E-state index in [1.165, 1.54) is 6.42 Å². The number of hydrogen-bond acceptors (Lipinski definition) is 2. The maximum atomic E-state index is 13.3. The van der Waals surface area contributed by atoms with Crippen molar-refractivity contribution >= 4 is 11.9 Å². The molecule has 3 fully saturated rings. The lowest BCUT2D eigenvalue weighted by molar-refractivity contribution is -0.177. The Morgan fingerprint density at radius 2 is 1.90 bits per heavy atom. The fraction of sp³-hybridized carbons (Fsp3) is 0.615. The number of nitrogens with zero attached hydrogens (tertiary/aromatic N) is 1. The number of allylic oxidation sites excluding steroid dienone is 2. The van der Waals surface area contributed by atoms with Gasteiger partial charge in [-0.1, -0.05) is 56.3 Å². The molecule has 1 saturated heterocycles. The van der Waals surface area contributed by atoms with E-state index in [1.807, 2.05) is 35.2 Å². The monoisotopic (exact) mass is 407 g/mol. The molecule has 1 aliphatic heterocycles. The highest BCUT2D eigenvalue weighted by molar-refractivity contribution is 5.97. The van der Waals surface area contributed by atoms with Crippen LogP contribution in [-0.4, -0.2) is 27.9 Å². The number of amides is 1. The normalized spacial score (nSPS) is 42.4. The summed E-state index contributed by atoms with van der Waals surface area (Å²) in [7, 11) is 0. The van der Waals surface area contributed by atoms with Gasteiger partial charge in [-0.2, -0.15) is 0 Å². The van der Waals surface area contributed by atoms with Crippen molar-refractivity contribution in [2.45, 2.75) is 65.0 Å². The molecule has 4 heteroatoms. The summed E-state index contributed by atoms with van der Waals surface area (Å²) >= 11 is 0. The number of aliphatic carboxylic acids is 1. The molecule has 2 unspecified atom stereocenters. The summed E-state index contributed by atoms with van der Waals surface area (Å²) in [5.41, 5.74) is 1.26. The van der Waals surface area contributed by atoms with Gasteiger partial charge in [0, 0.05) is 12.6 Å². The van der Waals surface area contributed by atoms with Crippen molar-refractivity contribution in [2.75, 3.05) is 0 Å². The van der Waals surface area contributed by atoms with Crippen molar-refractivity contribution in [3.63, 3.8) is 0 Å². The van der Waals surface area contributed by atoms with Crippen molar-refractivity contribution in [2.24, 2.45) is 34.5 Å². The summed E-state index contributed by atoms with van der Waals surface area (Å²) in [4.78, 5) is 27.4. The third-order valence-corrected chi connectivity index (χ3v) is 9.24. The van der Waals surface area contributed by atoms with Crippen LogP contribution in [-0.2, 0) is 16.1 Å². The van der Waals surface area contributed by atoms with Gasteiger partial charge in [-0.3, -0.25) is 9.59 Å². The van der Waals surface area contributed by atoms with Gasteiger partial charge in [0.15, 0.2) is 0 Å². The zero-order valence-corrected chi connectivity index (χ0v) is 18.1. The Hall–Kier alpha value is -2.10. The predicted molar refractivity (Wildman–Crippen MR) is 115 cm³/mol. The number of carbonyl (C=O) groups is 2. The van der Waals surface area contributed by atoms with Crippen LogP contribution in [0.25, 0.3) is 0 Å². The fourth-order valence-corrected chi connectivity index (χ4v) is 7.76. The Kier molecular flexibility index (Phi) is 4.61. The van der Waals surface area contributed by atoms with Gasteiger partial charge < -0.3 is 10.0 Å². The van der Waals surface area contributed by atoms with Gasteiger partial charge in [-0.15, -0.1) is 0 Å². The van der Waals surface area contributed by atoms with Crippen molar-refractivity contribution in [1.29, 1.82) is 0 Å². The first-order valence-electron chi connectivity index (χ1n) is 11.6. The van der Waals surface area contributed by atoms with Crippen LogP contribution in [0.2, 0.25) is 0 Å². The highest BCUT2D eigenvalue weighted by atomic mass is 16.4. The van der Waals surface area contributed by atoms with Crippen LogP contribution in [0.4, 0.5) is 0 Å². The summed E-state index contributed by atoms with van der Waals surface area (Å²) in [5, 5.41) is 9.93. The summed E-state index contributed by atoms with van der Waals surface area (Å²) in [6.45, 7) is 5.24. The average molecular weight is 408 g/mol. The third-order valence-electron chi connectivity index (χ3n) is 9.24. The maximum Gasteiger partial charge on any atom is 0.316 e. The summed E-state index contributed by atoms with van der Waals surface area (Å²) < 4.78 is 0. The molecular weight excluding hydrogens is 374 g/mol. The Bertz CT molecular complexity index is 880. The first kappa shape index (κ1) is 19.8. The highest BCUT2D eigenvalue weighted by Gasteiger charge is 2.61. The molecule has 2 saturated carbocycles. The Labute approximate surface area is 179 Å². The summed E-state index contributed by atoms with van der Waals surface area (Å²) in [6.07, 6.45) is 10.9. The maximum absolute atomic E-state index is 13.3. The van der Waals surface area contributed by atoms with Crippen LogP contribution in [0, 0.1) is 34.5 Å². The van der Waals surface area contributed by atoms with E-state index in [-0.39, 0.29) is 17.4 Å². The minimum absolute atomic E-state index is 0.126. The molecule has 0 radical (unpaired) electrons. The minimum Gasteiger partial charge on any atom is -0.481 e. The number of carboxylic acids is 1. The standard InChI is InChI=1S/C26H33NO3/c1-25-13-6-9-20(25)18-10-11-22-26(2,21(18)12-14-25)15-19(24(29)30)23(28)27(22)16-17-7-4-3-5-8-17/h3-8,13,18-22H,9-12,14-16H2,1-2H3,(H,29,30)/t18-,19?,20-,21+,22?,25-,26+/m0/s1. The molecule has 1 N–H and O–H groups in total. The molecule has 0 aromatic heterocycles. The molecule has 1 aromatic rings. The van der Waals surface area contributed by atoms with E-state index in [1.54, 1.807) is 0 Å². The van der Waals surface area contributed by atoms with Crippen molar-refractivity contribution < 1.29 is 14.7 Å². The number of piperidine rings is 1. The van der Waals surface area contributed by atoms with E-state index >= 15 is 0 Å². The number of benzene rings is 1. The number of rotatable bonds is 3. The van der Waals surface area contributed by atoms with Gasteiger partial charge in [-0.05, 0) is 72.7 Å². The summed E-state index contributed by atoms with van der Waals surface area (Å²) in [6, 6.07) is 10.2. The van der Waals surface area contributed by atoms with Gasteiger partial charge in [0.25, 0.3) is 0 Å². The molecule has 160 valence electrons. The van der Waals surface area contributed by atoms with Crippen LogP contribution < -0.4 is 0 Å². The van der Waals surface area contributed by atoms with Gasteiger partial charge in [0.2, 0.25) is 5.91 Å². The molecule has 1 amide bonds. The average Bonchev–Trinajstić information content (AvgIpc) is 3.12. The SMILES string of the molecule is C[C@@]12C=CC[C@H]1[C@@H]1CCC3N(Cc4ccccc4)C(=O)C(C(=O)O)C[C@]3(C)[C@@H]1CC2. The van der Waals surface area contributed by atoms with Crippen LogP contribution in [0.1, 0.15) is 57.9 Å². The molecular formula is C26H33NO3. The first-order chi connectivity index (χ1) is 14.3. The van der Waals surface area contributed by atoms with Gasteiger partial charge in [0.1, 0.15) is 5.92 Å². The van der Waals surface area contributed by atoms with Crippen molar-refractivity contribution in [1.82, 2.24) is 4.90 Å². The lowest BCUT2D eigenvalue weighted by Crippen LogP contribution is -2.64. The molecule has 4 nitrogen and oxygen atoms in total. The Morgan fingerprint density at radius 1 is 1.13 bits per heavy atom. The number of carboxylic acid groups (broad SMARTS) is 1. The molecule has 30 heavy (non-hydrogen) atoms. The van der Waals surface area contributed by atoms with Gasteiger partial charge in [0.05, 0.1) is 0 Å². The van der Waals surface area contributed by atoms with E-state index in [0.717, 1.165) is 31.2 Å². The van der Waals surface area contributed by atoms with E-state index in [9.17, 15) is 14.7 Å². The van der Waals surface area contributed by atoms with Crippen molar-refractivity contribution in [3.05, 3.63) is 48.0 Å². The molecule has 4 aliphatic rings. The molecule has 5 rings (SSSR count). The summed E-state index contributed by atoms with van der Waals surface area (Å²) in [5.74, 6) is -0.233. The third kappa shape index (κ3) is 2.86. The minimum atomic E-state index is -0.956. The predicted octanol–water partition coefficient (Wildman–Crippen LogP) is 4.90. The van der Waals surface area contributed by atoms with Crippen LogP contribution >= 0.6 is 0 Å². The van der Waals surface area contributed by atoms with E-state index in [4.69, 9.17) is 0 Å². The van der Waals surface area contributed by atoms with Crippen LogP contribution in [0.15, 0.2) is 42.5 Å². The molecule has 7 atom stereocenters. The molecule has 1 heterocycles. The zero-order valence-electron chi connectivity index (χ0n) is 18.1. The second-order valence-corrected chi connectivity index (χ2v) is 10.7. The van der Waals surface area contributed by atoms with Crippen molar-refractivity contribution in [3.8, 4) is 0 Å². The highest BCUT2D eigenvalue weighted by Crippen LogP contribution is 2.63. The fourth-order valence-electron chi connectivity index (χ4n) is 7.76. The molecule has 0 spiro atoms. The van der Waals surface area contributed by atoms with E-state index in [2.05, 4.69) is 26.0 Å². The topological polar surface area (TPSA) is 57.6 Å².